The van der Waals surface area contributed by atoms with Crippen molar-refractivity contribution < 1.29 is 14.3 Å². The summed E-state index contributed by atoms with van der Waals surface area (Å²) in [6.45, 7) is 2.51. The van der Waals surface area contributed by atoms with Crippen molar-refractivity contribution in [1.82, 2.24) is 25.2 Å². The lowest BCUT2D eigenvalue weighted by Crippen LogP contribution is -2.32. The number of nitrogens with zero attached hydrogens (tertiary/aromatic N) is 4. The third-order valence-corrected chi connectivity index (χ3v) is 7.97. The molecule has 2 aliphatic rings. The Morgan fingerprint density at radius 1 is 1.18 bits per heavy atom. The van der Waals surface area contributed by atoms with E-state index >= 15 is 0 Å². The van der Waals surface area contributed by atoms with E-state index in [1.165, 1.54) is 17.7 Å². The summed E-state index contributed by atoms with van der Waals surface area (Å²) in [6, 6.07) is 13.1. The number of rotatable bonds is 6. The number of carbonyl (C=O) groups is 1. The van der Waals surface area contributed by atoms with Crippen molar-refractivity contribution >= 4 is 50.8 Å². The van der Waals surface area contributed by atoms with Crippen LogP contribution in [0.25, 0.3) is 10.2 Å². The quantitative estimate of drug-likeness (QED) is 0.296. The summed E-state index contributed by atoms with van der Waals surface area (Å²) < 4.78 is 11.5. The lowest BCUT2D eigenvalue weighted by molar-refractivity contribution is 0.0763. The van der Waals surface area contributed by atoms with E-state index in [1.54, 1.807) is 17.2 Å². The van der Waals surface area contributed by atoms with E-state index in [-0.39, 0.29) is 18.2 Å². The molecule has 1 amide bonds. The molecule has 1 aromatic carbocycles. The molecule has 0 unspecified atom stereocenters. The molecule has 2 aliphatic heterocycles. The predicted molar refractivity (Wildman–Crippen MR) is 155 cm³/mol. The largest absolute Gasteiger partial charge is 0.486 e. The second kappa shape index (κ2) is 12.1. The van der Waals surface area contributed by atoms with Crippen molar-refractivity contribution in [3.8, 4) is 17.6 Å². The van der Waals surface area contributed by atoms with Gasteiger partial charge < -0.3 is 19.7 Å². The summed E-state index contributed by atoms with van der Waals surface area (Å²) in [6.07, 6.45) is 5.65. The molecule has 5 heterocycles. The van der Waals surface area contributed by atoms with Gasteiger partial charge in [-0.2, -0.15) is 0 Å². The van der Waals surface area contributed by atoms with Crippen LogP contribution in [0.4, 0.5) is 16.3 Å². The molecular weight excluding hydrogens is 548 g/mol. The first-order valence-electron chi connectivity index (χ1n) is 13.1. The molecule has 2 saturated heterocycles. The number of anilines is 2. The van der Waals surface area contributed by atoms with E-state index in [4.69, 9.17) is 21.1 Å². The van der Waals surface area contributed by atoms with E-state index in [0.717, 1.165) is 52.4 Å². The lowest BCUT2D eigenvalue weighted by atomic mass is 10.2. The van der Waals surface area contributed by atoms with E-state index in [1.807, 2.05) is 36.4 Å². The van der Waals surface area contributed by atoms with Crippen LogP contribution in [0, 0.1) is 11.8 Å². The highest BCUT2D eigenvalue weighted by atomic mass is 35.5. The van der Waals surface area contributed by atoms with E-state index in [2.05, 4.69) is 37.4 Å². The molecule has 40 heavy (non-hydrogen) atoms. The Morgan fingerprint density at radius 2 is 2.08 bits per heavy atom. The fourth-order valence-electron chi connectivity index (χ4n) is 4.66. The normalized spacial score (nSPS) is 18.4. The summed E-state index contributed by atoms with van der Waals surface area (Å²) in [7, 11) is 0. The number of amides is 1. The summed E-state index contributed by atoms with van der Waals surface area (Å²) in [5, 5.41) is 8.04. The first kappa shape index (κ1) is 26.3. The number of pyridine rings is 1. The number of fused-ring (bicyclic) bond motifs is 1. The molecule has 6 rings (SSSR count). The number of hydrogen-bond donors (Lipinski definition) is 2. The van der Waals surface area contributed by atoms with Gasteiger partial charge >= 0.3 is 6.09 Å². The minimum Gasteiger partial charge on any atom is -0.486 e. The summed E-state index contributed by atoms with van der Waals surface area (Å²) >= 11 is 8.00. The van der Waals surface area contributed by atoms with Crippen molar-refractivity contribution in [2.45, 2.75) is 38.0 Å². The second-order valence-corrected chi connectivity index (χ2v) is 11.0. The average Bonchev–Trinajstić information content (AvgIpc) is 3.74. The zero-order valence-corrected chi connectivity index (χ0v) is 23.2. The van der Waals surface area contributed by atoms with Gasteiger partial charge in [0, 0.05) is 37.9 Å². The van der Waals surface area contributed by atoms with E-state index < -0.39 is 0 Å². The molecule has 2 fully saturated rings. The van der Waals surface area contributed by atoms with Crippen LogP contribution < -0.4 is 15.4 Å². The van der Waals surface area contributed by atoms with Gasteiger partial charge in [-0.25, -0.2) is 14.8 Å². The Kier molecular flexibility index (Phi) is 7.95. The van der Waals surface area contributed by atoms with E-state index in [0.29, 0.717) is 36.2 Å². The number of nitrogens with one attached hydrogen (secondary N) is 2. The van der Waals surface area contributed by atoms with Gasteiger partial charge in [-0.1, -0.05) is 29.5 Å². The number of carbonyl (C=O) groups excluding carboxylic acids is 1. The minimum atomic E-state index is -0.214. The molecule has 0 saturated carbocycles. The molecule has 2 N–H and O–H groups in total. The highest BCUT2D eigenvalue weighted by molar-refractivity contribution is 7.19. The lowest BCUT2D eigenvalue weighted by Gasteiger charge is -2.18. The van der Waals surface area contributed by atoms with Gasteiger partial charge in [-0.05, 0) is 49.2 Å². The van der Waals surface area contributed by atoms with Crippen LogP contribution >= 0.6 is 22.9 Å². The molecule has 11 heteroatoms. The molecule has 9 nitrogen and oxygen atoms in total. The standard InChI is InChI=1S/C29H27ClN6O3S/c30-25-14-20(7-9-26(25)38-17-21-5-1-2-10-31-21)35-27-24-15-23(40-28(24)34-18-33-27)8-6-19-13-22(16-32-19)39-29(37)36-11-3-4-12-36/h1-2,5,7,9-10,14-15,18-19,22,32H,3-4,11-13,16-17H2,(H,33,34,35)/t19-,22-/m1/s1. The Balaban J connectivity index is 1.09. The van der Waals surface area contributed by atoms with Crippen molar-refractivity contribution in [1.29, 1.82) is 0 Å². The number of halogens is 1. The Hall–Kier alpha value is -3.91. The van der Waals surface area contributed by atoms with Crippen LogP contribution in [0.2, 0.25) is 5.02 Å². The minimum absolute atomic E-state index is 0.0363. The number of benzene rings is 1. The third kappa shape index (κ3) is 6.28. The molecule has 4 aromatic rings. The van der Waals surface area contributed by atoms with Gasteiger partial charge in [0.25, 0.3) is 0 Å². The number of aromatic nitrogens is 3. The molecule has 3 aromatic heterocycles. The van der Waals surface area contributed by atoms with Gasteiger partial charge in [0.1, 0.15) is 35.4 Å². The summed E-state index contributed by atoms with van der Waals surface area (Å²) in [4.78, 5) is 28.9. The van der Waals surface area contributed by atoms with Crippen LogP contribution in [0.15, 0.2) is 55.0 Å². The smallest absolute Gasteiger partial charge is 0.410 e. The number of thiophene rings is 1. The fraction of sp³-hybridized carbons (Fsp3) is 0.310. The van der Waals surface area contributed by atoms with Crippen molar-refractivity contribution in [2.24, 2.45) is 0 Å². The van der Waals surface area contributed by atoms with Crippen molar-refractivity contribution in [3.05, 3.63) is 70.6 Å². The van der Waals surface area contributed by atoms with Gasteiger partial charge in [0.05, 0.1) is 27.0 Å². The highest BCUT2D eigenvalue weighted by Crippen LogP contribution is 2.33. The molecule has 0 bridgehead atoms. The van der Waals surface area contributed by atoms with E-state index in [9.17, 15) is 4.79 Å². The third-order valence-electron chi connectivity index (χ3n) is 6.72. The first-order valence-corrected chi connectivity index (χ1v) is 14.3. The molecule has 0 radical (unpaired) electrons. The Labute approximate surface area is 240 Å². The molecule has 204 valence electrons. The van der Waals surface area contributed by atoms with Crippen molar-refractivity contribution in [3.63, 3.8) is 0 Å². The number of likely N-dealkylation sites (tertiary alicyclic amines) is 1. The zero-order chi connectivity index (χ0) is 27.3. The number of hydrogen-bond acceptors (Lipinski definition) is 9. The number of ether oxygens (including phenoxy) is 2. The van der Waals surface area contributed by atoms with Crippen LogP contribution in [-0.4, -0.2) is 57.7 Å². The topological polar surface area (TPSA) is 102 Å². The average molecular weight is 575 g/mol. The molecule has 0 spiro atoms. The highest BCUT2D eigenvalue weighted by Gasteiger charge is 2.28. The maximum Gasteiger partial charge on any atom is 0.410 e. The molecule has 2 atom stereocenters. The van der Waals surface area contributed by atoms with Crippen LogP contribution in [0.5, 0.6) is 5.75 Å². The van der Waals surface area contributed by atoms with Crippen LogP contribution in [0.3, 0.4) is 0 Å². The zero-order valence-electron chi connectivity index (χ0n) is 21.6. The van der Waals surface area contributed by atoms with Crippen LogP contribution in [-0.2, 0) is 11.3 Å². The molecule has 0 aliphatic carbocycles. The fourth-order valence-corrected chi connectivity index (χ4v) is 5.76. The molecular formula is C29H27ClN6O3S. The van der Waals surface area contributed by atoms with Gasteiger partial charge in [0.15, 0.2) is 0 Å². The SMILES string of the molecule is O=C(O[C@H]1CN[C@H](C#Cc2cc3c(Nc4ccc(OCc5ccccn5)c(Cl)c4)ncnc3s2)C1)N1CCCC1. The van der Waals surface area contributed by atoms with Crippen LogP contribution in [0.1, 0.15) is 29.8 Å². The maximum atomic E-state index is 12.3. The second-order valence-electron chi connectivity index (χ2n) is 9.60. The summed E-state index contributed by atoms with van der Waals surface area (Å²) in [5.41, 5.74) is 1.60. The Bertz CT molecular complexity index is 1560. The predicted octanol–water partition coefficient (Wildman–Crippen LogP) is 5.38. The Morgan fingerprint density at radius 3 is 2.90 bits per heavy atom. The van der Waals surface area contributed by atoms with Crippen molar-refractivity contribution in [2.75, 3.05) is 25.0 Å². The monoisotopic (exact) mass is 574 g/mol. The summed E-state index contributed by atoms with van der Waals surface area (Å²) in [5.74, 6) is 7.78. The van der Waals surface area contributed by atoms with Gasteiger partial charge in [-0.3, -0.25) is 10.3 Å². The van der Waals surface area contributed by atoms with Gasteiger partial charge in [0.2, 0.25) is 0 Å². The van der Waals surface area contributed by atoms with Gasteiger partial charge in [-0.15, -0.1) is 11.3 Å². The maximum absolute atomic E-state index is 12.3. The first-order chi connectivity index (χ1) is 19.6.